The molecule has 2 aromatic rings. The molecule has 0 unspecified atom stereocenters. The lowest BCUT2D eigenvalue weighted by atomic mass is 10.1. The molecule has 0 heterocycles. The minimum Gasteiger partial charge on any atom is -0.362 e. The van der Waals surface area contributed by atoms with Gasteiger partial charge >= 0.3 is 0 Å². The molecule has 0 aliphatic rings. The molecular formula is C17H18Cl2N2S. The fraction of sp³-hybridized carbons (Fsp3) is 0.235. The van der Waals surface area contributed by atoms with E-state index in [0.717, 1.165) is 41.5 Å². The highest BCUT2D eigenvalue weighted by molar-refractivity contribution is 7.80. The van der Waals surface area contributed by atoms with Gasteiger partial charge in [-0.05, 0) is 54.4 Å². The van der Waals surface area contributed by atoms with Crippen LogP contribution >= 0.6 is 35.4 Å². The van der Waals surface area contributed by atoms with Gasteiger partial charge in [-0.25, -0.2) is 0 Å². The fourth-order valence-electron chi connectivity index (χ4n) is 2.05. The summed E-state index contributed by atoms with van der Waals surface area (Å²) >= 11 is 17.2. The maximum absolute atomic E-state index is 6.12. The van der Waals surface area contributed by atoms with Gasteiger partial charge in [0.1, 0.15) is 0 Å². The van der Waals surface area contributed by atoms with E-state index in [2.05, 4.69) is 10.6 Å². The van der Waals surface area contributed by atoms with Crippen molar-refractivity contribution in [3.63, 3.8) is 0 Å². The van der Waals surface area contributed by atoms with E-state index in [9.17, 15) is 0 Å². The largest absolute Gasteiger partial charge is 0.362 e. The summed E-state index contributed by atoms with van der Waals surface area (Å²) in [7, 11) is 0. The van der Waals surface area contributed by atoms with Crippen LogP contribution < -0.4 is 10.6 Å². The molecule has 0 radical (unpaired) electrons. The van der Waals surface area contributed by atoms with Crippen LogP contribution in [-0.4, -0.2) is 18.2 Å². The number of nitrogens with one attached hydrogen (secondary N) is 2. The Kier molecular flexibility index (Phi) is 6.97. The van der Waals surface area contributed by atoms with E-state index in [0.29, 0.717) is 5.11 Å². The van der Waals surface area contributed by atoms with E-state index in [1.807, 2.05) is 48.5 Å². The molecule has 0 bridgehead atoms. The van der Waals surface area contributed by atoms with Crippen LogP contribution in [0.3, 0.4) is 0 Å². The topological polar surface area (TPSA) is 24.1 Å². The Morgan fingerprint density at radius 3 is 2.18 bits per heavy atom. The zero-order chi connectivity index (χ0) is 15.8. The van der Waals surface area contributed by atoms with Gasteiger partial charge in [-0.3, -0.25) is 0 Å². The quantitative estimate of drug-likeness (QED) is 0.760. The molecule has 5 heteroatoms. The minimum absolute atomic E-state index is 0.668. The Morgan fingerprint density at radius 1 is 0.864 bits per heavy atom. The normalized spacial score (nSPS) is 10.3. The summed E-state index contributed by atoms with van der Waals surface area (Å²) in [5.74, 6) is 0. The van der Waals surface area contributed by atoms with Crippen LogP contribution in [0.4, 0.5) is 0 Å². The van der Waals surface area contributed by atoms with Crippen molar-refractivity contribution in [2.45, 2.75) is 12.8 Å². The first kappa shape index (κ1) is 17.1. The van der Waals surface area contributed by atoms with Gasteiger partial charge in [0.25, 0.3) is 0 Å². The lowest BCUT2D eigenvalue weighted by Crippen LogP contribution is -2.37. The second-order valence-electron chi connectivity index (χ2n) is 4.90. The van der Waals surface area contributed by atoms with Crippen LogP contribution in [0.2, 0.25) is 10.0 Å². The molecule has 2 rings (SSSR count). The molecule has 2 aromatic carbocycles. The molecule has 0 saturated heterocycles. The number of halogens is 2. The average molecular weight is 353 g/mol. The van der Waals surface area contributed by atoms with Gasteiger partial charge in [0.05, 0.1) is 0 Å². The molecule has 0 saturated carbocycles. The van der Waals surface area contributed by atoms with Crippen molar-refractivity contribution in [3.8, 4) is 0 Å². The van der Waals surface area contributed by atoms with Crippen LogP contribution in [0.15, 0.2) is 48.5 Å². The molecule has 0 atom stereocenters. The van der Waals surface area contributed by atoms with Gasteiger partial charge < -0.3 is 10.6 Å². The van der Waals surface area contributed by atoms with Crippen LogP contribution in [0.1, 0.15) is 11.1 Å². The zero-order valence-electron chi connectivity index (χ0n) is 12.1. The van der Waals surface area contributed by atoms with Crippen molar-refractivity contribution >= 4 is 40.5 Å². The lowest BCUT2D eigenvalue weighted by Gasteiger charge is -2.11. The average Bonchev–Trinajstić information content (AvgIpc) is 2.51. The number of benzene rings is 2. The molecule has 0 amide bonds. The Labute approximate surface area is 146 Å². The third-order valence-corrected chi connectivity index (χ3v) is 4.16. The summed E-state index contributed by atoms with van der Waals surface area (Å²) in [6.45, 7) is 1.55. The third kappa shape index (κ3) is 5.84. The summed E-state index contributed by atoms with van der Waals surface area (Å²) in [5.41, 5.74) is 2.36. The predicted molar refractivity (Wildman–Crippen MR) is 98.9 cm³/mol. The SMILES string of the molecule is S=C(NCCc1ccc(Cl)cc1)NCCc1ccccc1Cl. The number of rotatable bonds is 6. The Bertz CT molecular complexity index is 614. The number of thiocarbonyl (C=S) groups is 1. The van der Waals surface area contributed by atoms with Gasteiger partial charge in [-0.1, -0.05) is 53.5 Å². The molecule has 0 aliphatic carbocycles. The highest BCUT2D eigenvalue weighted by atomic mass is 35.5. The first-order valence-corrected chi connectivity index (χ1v) is 8.31. The van der Waals surface area contributed by atoms with Gasteiger partial charge in [0.2, 0.25) is 0 Å². The first-order valence-electron chi connectivity index (χ1n) is 7.15. The molecule has 22 heavy (non-hydrogen) atoms. The summed E-state index contributed by atoms with van der Waals surface area (Å²) in [6, 6.07) is 15.7. The van der Waals surface area contributed by atoms with Gasteiger partial charge in [0, 0.05) is 23.1 Å². The maximum atomic E-state index is 6.12. The lowest BCUT2D eigenvalue weighted by molar-refractivity contribution is 0.802. The van der Waals surface area contributed by atoms with Gasteiger partial charge in [0.15, 0.2) is 5.11 Å². The van der Waals surface area contributed by atoms with Crippen LogP contribution in [0.25, 0.3) is 0 Å². The highest BCUT2D eigenvalue weighted by Crippen LogP contribution is 2.14. The standard InChI is InChI=1S/C17H18Cl2N2S/c18-15-7-5-13(6-8-15)9-11-20-17(22)21-12-10-14-3-1-2-4-16(14)19/h1-8H,9-12H2,(H2,20,21,22). The predicted octanol–water partition coefficient (Wildman–Crippen LogP) is 4.24. The maximum Gasteiger partial charge on any atom is 0.166 e. The Hall–Kier alpha value is -1.29. The van der Waals surface area contributed by atoms with Crippen LogP contribution in [0.5, 0.6) is 0 Å². The molecule has 2 nitrogen and oxygen atoms in total. The minimum atomic E-state index is 0.668. The monoisotopic (exact) mass is 352 g/mol. The van der Waals surface area contributed by atoms with E-state index >= 15 is 0 Å². The summed E-state index contributed by atoms with van der Waals surface area (Å²) < 4.78 is 0. The van der Waals surface area contributed by atoms with E-state index in [1.165, 1.54) is 5.56 Å². The molecule has 0 spiro atoms. The van der Waals surface area contributed by atoms with Crippen LogP contribution in [0, 0.1) is 0 Å². The van der Waals surface area contributed by atoms with Gasteiger partial charge in [-0.2, -0.15) is 0 Å². The molecule has 0 fully saturated rings. The second kappa shape index (κ2) is 8.99. The Morgan fingerprint density at radius 2 is 1.50 bits per heavy atom. The molecule has 0 aliphatic heterocycles. The molecule has 0 aromatic heterocycles. The molecule has 2 N–H and O–H groups in total. The summed E-state index contributed by atoms with van der Waals surface area (Å²) in [6.07, 6.45) is 1.75. The molecular weight excluding hydrogens is 335 g/mol. The third-order valence-electron chi connectivity index (χ3n) is 3.25. The van der Waals surface area contributed by atoms with E-state index < -0.39 is 0 Å². The summed E-state index contributed by atoms with van der Waals surface area (Å²) in [4.78, 5) is 0. The zero-order valence-corrected chi connectivity index (χ0v) is 14.4. The van der Waals surface area contributed by atoms with Crippen LogP contribution in [-0.2, 0) is 12.8 Å². The fourth-order valence-corrected chi connectivity index (χ4v) is 2.61. The van der Waals surface area contributed by atoms with E-state index in [1.54, 1.807) is 0 Å². The van der Waals surface area contributed by atoms with Crippen molar-refractivity contribution in [1.82, 2.24) is 10.6 Å². The molecule has 116 valence electrons. The summed E-state index contributed by atoms with van der Waals surface area (Å²) in [5, 5.41) is 8.62. The van der Waals surface area contributed by atoms with E-state index in [-0.39, 0.29) is 0 Å². The van der Waals surface area contributed by atoms with E-state index in [4.69, 9.17) is 35.4 Å². The van der Waals surface area contributed by atoms with Crippen molar-refractivity contribution in [3.05, 3.63) is 69.7 Å². The van der Waals surface area contributed by atoms with Crippen molar-refractivity contribution < 1.29 is 0 Å². The van der Waals surface area contributed by atoms with Crippen molar-refractivity contribution in [1.29, 1.82) is 0 Å². The Balaban J connectivity index is 1.64. The number of hydrogen-bond donors (Lipinski definition) is 2. The first-order chi connectivity index (χ1) is 10.6. The van der Waals surface area contributed by atoms with Crippen molar-refractivity contribution in [2.24, 2.45) is 0 Å². The highest BCUT2D eigenvalue weighted by Gasteiger charge is 2.00. The van der Waals surface area contributed by atoms with Crippen molar-refractivity contribution in [2.75, 3.05) is 13.1 Å². The number of hydrogen-bond acceptors (Lipinski definition) is 1. The van der Waals surface area contributed by atoms with Gasteiger partial charge in [-0.15, -0.1) is 0 Å². The smallest absolute Gasteiger partial charge is 0.166 e. The second-order valence-corrected chi connectivity index (χ2v) is 6.15.